The zero-order valence-corrected chi connectivity index (χ0v) is 19.5. The average Bonchev–Trinajstić information content (AvgIpc) is 2.76. The molecular weight excluding hydrogens is 408 g/mol. The highest BCUT2D eigenvalue weighted by Gasteiger charge is 2.39. The summed E-state index contributed by atoms with van der Waals surface area (Å²) in [4.78, 5) is 29.7. The summed E-state index contributed by atoms with van der Waals surface area (Å²) in [6, 6.07) is 7.03. The Balaban J connectivity index is 2.11. The van der Waals surface area contributed by atoms with Crippen LogP contribution in [0, 0.1) is 0 Å². The van der Waals surface area contributed by atoms with Gasteiger partial charge in [-0.15, -0.1) is 0 Å². The quantitative estimate of drug-likeness (QED) is 0.637. The third kappa shape index (κ3) is 4.87. The number of aromatic nitrogens is 1. The zero-order valence-electron chi connectivity index (χ0n) is 19.5. The number of esters is 1. The van der Waals surface area contributed by atoms with E-state index in [4.69, 9.17) is 14.2 Å². The average molecular weight is 441 g/mol. The summed E-state index contributed by atoms with van der Waals surface area (Å²) in [5.74, 6) is -0.0234. The van der Waals surface area contributed by atoms with Crippen molar-refractivity contribution in [1.29, 1.82) is 0 Å². The maximum atomic E-state index is 12.7. The van der Waals surface area contributed by atoms with E-state index in [1.807, 2.05) is 26.8 Å². The number of methoxy groups -OCH3 is 2. The van der Waals surface area contributed by atoms with Crippen molar-refractivity contribution in [2.45, 2.75) is 64.0 Å². The minimum absolute atomic E-state index is 0.409. The number of pyridine rings is 1. The Morgan fingerprint density at radius 1 is 1.03 bits per heavy atom. The van der Waals surface area contributed by atoms with Crippen LogP contribution in [0.15, 0.2) is 30.8 Å². The van der Waals surface area contributed by atoms with Crippen LogP contribution in [0.2, 0.25) is 0 Å². The highest BCUT2D eigenvalue weighted by Crippen LogP contribution is 2.41. The number of ether oxygens (including phenoxy) is 3. The molecule has 1 N–H and O–H groups in total. The minimum atomic E-state index is -0.662. The summed E-state index contributed by atoms with van der Waals surface area (Å²) in [6.07, 6.45) is 4.04. The molecule has 1 amide bonds. The third-order valence-electron chi connectivity index (χ3n) is 5.80. The Bertz CT molecular complexity index is 1030. The van der Waals surface area contributed by atoms with Crippen LogP contribution in [0.25, 0.3) is 16.5 Å². The van der Waals surface area contributed by atoms with Gasteiger partial charge in [0.2, 0.25) is 5.88 Å². The molecule has 0 saturated heterocycles. The van der Waals surface area contributed by atoms with E-state index >= 15 is 0 Å². The minimum Gasteiger partial charge on any atom is -0.481 e. The molecule has 3 rings (SSSR count). The van der Waals surface area contributed by atoms with E-state index in [2.05, 4.69) is 16.9 Å². The van der Waals surface area contributed by atoms with Crippen molar-refractivity contribution in [3.05, 3.63) is 42.0 Å². The fraction of sp³-hybridized carbons (Fsp3) is 0.480. The Kier molecular flexibility index (Phi) is 6.77. The van der Waals surface area contributed by atoms with Crippen LogP contribution in [0.4, 0.5) is 4.79 Å². The summed E-state index contributed by atoms with van der Waals surface area (Å²) in [7, 11) is 2.89. The van der Waals surface area contributed by atoms with E-state index < -0.39 is 23.2 Å². The van der Waals surface area contributed by atoms with Gasteiger partial charge in [0.05, 0.1) is 30.8 Å². The second kappa shape index (κ2) is 9.18. The normalized spacial score (nSPS) is 15.7. The first kappa shape index (κ1) is 23.6. The van der Waals surface area contributed by atoms with Crippen molar-refractivity contribution in [2.24, 2.45) is 0 Å². The first-order valence-electron chi connectivity index (χ1n) is 10.9. The van der Waals surface area contributed by atoms with Gasteiger partial charge in [-0.3, -0.25) is 0 Å². The lowest BCUT2D eigenvalue weighted by Crippen LogP contribution is -2.51. The van der Waals surface area contributed by atoms with E-state index in [0.29, 0.717) is 22.3 Å². The molecule has 1 aliphatic rings. The smallest absolute Gasteiger partial charge is 0.408 e. The van der Waals surface area contributed by atoms with Gasteiger partial charge in [-0.25, -0.2) is 14.6 Å². The highest BCUT2D eigenvalue weighted by atomic mass is 16.6. The molecule has 1 aromatic carbocycles. The van der Waals surface area contributed by atoms with Crippen molar-refractivity contribution in [3.8, 4) is 5.88 Å². The molecule has 1 aromatic heterocycles. The van der Waals surface area contributed by atoms with Gasteiger partial charge < -0.3 is 19.5 Å². The van der Waals surface area contributed by atoms with Crippen molar-refractivity contribution in [2.75, 3.05) is 14.2 Å². The van der Waals surface area contributed by atoms with Gasteiger partial charge in [0.1, 0.15) is 5.60 Å². The van der Waals surface area contributed by atoms with Gasteiger partial charge in [-0.1, -0.05) is 31.9 Å². The second-order valence-corrected chi connectivity index (χ2v) is 9.15. The van der Waals surface area contributed by atoms with Crippen LogP contribution >= 0.6 is 0 Å². The Hall–Kier alpha value is -3.09. The second-order valence-electron chi connectivity index (χ2n) is 9.15. The van der Waals surface area contributed by atoms with Gasteiger partial charge in [-0.2, -0.15) is 0 Å². The lowest BCUT2D eigenvalue weighted by molar-refractivity contribution is 0.0463. The summed E-state index contributed by atoms with van der Waals surface area (Å²) < 4.78 is 15.8. The van der Waals surface area contributed by atoms with Crippen molar-refractivity contribution < 1.29 is 23.8 Å². The molecule has 0 aliphatic heterocycles. The molecule has 1 fully saturated rings. The molecular formula is C25H32N2O5. The van der Waals surface area contributed by atoms with Crippen LogP contribution in [0.3, 0.4) is 0 Å². The molecule has 0 spiro atoms. The highest BCUT2D eigenvalue weighted by molar-refractivity contribution is 6.07. The van der Waals surface area contributed by atoms with Crippen molar-refractivity contribution in [3.63, 3.8) is 0 Å². The molecule has 0 bridgehead atoms. The number of hydrogen-bond acceptors (Lipinski definition) is 6. The van der Waals surface area contributed by atoms with E-state index in [1.54, 1.807) is 25.3 Å². The topological polar surface area (TPSA) is 86.8 Å². The largest absolute Gasteiger partial charge is 0.481 e. The molecule has 0 atom stereocenters. The number of alkyl carbamates (subject to hydrolysis) is 1. The van der Waals surface area contributed by atoms with E-state index in [1.165, 1.54) is 7.11 Å². The van der Waals surface area contributed by atoms with Crippen molar-refractivity contribution >= 4 is 28.5 Å². The number of carbonyl (C=O) groups excluding carboxylic acids is 2. The lowest BCUT2D eigenvalue weighted by Gasteiger charge is -2.40. The number of hydrogen-bond donors (Lipinski definition) is 1. The van der Waals surface area contributed by atoms with E-state index in [9.17, 15) is 9.59 Å². The number of benzene rings is 1. The van der Waals surface area contributed by atoms with Crippen LogP contribution in [0.1, 0.15) is 68.8 Å². The molecule has 1 aliphatic carbocycles. The SMILES string of the molecule is C=C(c1ccc(C(=O)OC)c2ccc(OC)nc12)C1(NC(=O)OC(C)(C)C)CCCCC1. The maximum Gasteiger partial charge on any atom is 0.408 e. The molecule has 172 valence electrons. The molecule has 0 radical (unpaired) electrons. The Labute approximate surface area is 189 Å². The standard InChI is InChI=1S/C25H32N2O5/c1-16(25(14-8-7-9-15-25)27-23(29)32-24(2,3)4)17-10-11-19(22(28)31-6)18-12-13-20(30-5)26-21(17)18/h10-13H,1,7-9,14-15H2,2-6H3,(H,27,29). The molecule has 0 unspecified atom stereocenters. The number of nitrogens with zero attached hydrogens (tertiary/aromatic N) is 1. The summed E-state index contributed by atoms with van der Waals surface area (Å²) in [5, 5.41) is 3.76. The lowest BCUT2D eigenvalue weighted by atomic mass is 9.74. The third-order valence-corrected chi connectivity index (χ3v) is 5.80. The number of rotatable bonds is 5. The van der Waals surface area contributed by atoms with Crippen LogP contribution in [0.5, 0.6) is 5.88 Å². The number of fused-ring (bicyclic) bond motifs is 1. The Morgan fingerprint density at radius 3 is 2.28 bits per heavy atom. The molecule has 7 nitrogen and oxygen atoms in total. The fourth-order valence-corrected chi connectivity index (χ4v) is 4.26. The van der Waals surface area contributed by atoms with Gasteiger partial charge >= 0.3 is 12.1 Å². The van der Waals surface area contributed by atoms with E-state index in [-0.39, 0.29) is 0 Å². The summed E-state index contributed by atoms with van der Waals surface area (Å²) in [5.41, 5.74) is 1.21. The number of amides is 1. The van der Waals surface area contributed by atoms with Gasteiger partial charge in [-0.05, 0) is 51.3 Å². The summed E-state index contributed by atoms with van der Waals surface area (Å²) >= 11 is 0. The van der Waals surface area contributed by atoms with Crippen LogP contribution in [-0.2, 0) is 9.47 Å². The van der Waals surface area contributed by atoms with Gasteiger partial charge in [0.15, 0.2) is 0 Å². The number of nitrogens with one attached hydrogen (secondary N) is 1. The first-order chi connectivity index (χ1) is 15.1. The number of carbonyl (C=O) groups is 2. The molecule has 32 heavy (non-hydrogen) atoms. The monoisotopic (exact) mass is 440 g/mol. The van der Waals surface area contributed by atoms with Gasteiger partial charge in [0.25, 0.3) is 0 Å². The Morgan fingerprint density at radius 2 is 1.69 bits per heavy atom. The summed E-state index contributed by atoms with van der Waals surface area (Å²) in [6.45, 7) is 9.92. The molecule has 2 aromatic rings. The first-order valence-corrected chi connectivity index (χ1v) is 10.9. The predicted molar refractivity (Wildman–Crippen MR) is 124 cm³/mol. The molecule has 1 saturated carbocycles. The predicted octanol–water partition coefficient (Wildman–Crippen LogP) is 5.27. The van der Waals surface area contributed by atoms with E-state index in [0.717, 1.165) is 43.2 Å². The molecule has 7 heteroatoms. The van der Waals surface area contributed by atoms with Gasteiger partial charge in [0, 0.05) is 17.0 Å². The van der Waals surface area contributed by atoms with Crippen molar-refractivity contribution in [1.82, 2.24) is 10.3 Å². The molecule has 1 heterocycles. The zero-order chi connectivity index (χ0) is 23.5. The maximum absolute atomic E-state index is 12.7. The fourth-order valence-electron chi connectivity index (χ4n) is 4.26. The van der Waals surface area contributed by atoms with Crippen LogP contribution < -0.4 is 10.1 Å². The van der Waals surface area contributed by atoms with Crippen LogP contribution in [-0.4, -0.2) is 42.4 Å².